The maximum absolute atomic E-state index is 12.6. The minimum Gasteiger partial charge on any atom is -0.477 e. The summed E-state index contributed by atoms with van der Waals surface area (Å²) in [6, 6.07) is -0.625. The standard InChI is InChI=1S/C41H67NO7/c1-6-8-10-12-14-15-16-17-18-19-20-21-22-23-24-26-28-30-32-40(44)49-37(35-47-34-33-38(41(45)46)42(3,4)5)36-48-39(43)31-29-27-25-13-11-9-7-2/h10,12,14-21,25,27,37-38H,6-9,11,13,22-24,26,28-36H2,1-5H3/p+1/b12-10+,15-14+,17-16+,19-18+,21-20+,27-25+. The molecule has 0 bridgehead atoms. The normalized spacial score (nSPS) is 13.9. The Hall–Kier alpha value is -3.23. The average molecular weight is 687 g/mol. The van der Waals surface area contributed by atoms with Gasteiger partial charge in [-0.25, -0.2) is 4.79 Å². The fourth-order valence-corrected chi connectivity index (χ4v) is 4.78. The van der Waals surface area contributed by atoms with Gasteiger partial charge in [0.05, 0.1) is 34.4 Å². The van der Waals surface area contributed by atoms with Gasteiger partial charge >= 0.3 is 17.9 Å². The molecular weight excluding hydrogens is 618 g/mol. The molecule has 0 aromatic heterocycles. The van der Waals surface area contributed by atoms with Crippen LogP contribution in [-0.4, -0.2) is 80.6 Å². The van der Waals surface area contributed by atoms with Crippen LogP contribution in [0.15, 0.2) is 72.9 Å². The van der Waals surface area contributed by atoms with Crippen LogP contribution in [0.1, 0.15) is 117 Å². The summed E-state index contributed by atoms with van der Waals surface area (Å²) >= 11 is 0. The number of allylic oxidation sites excluding steroid dienone is 12. The molecule has 2 unspecified atom stereocenters. The van der Waals surface area contributed by atoms with Crippen molar-refractivity contribution in [3.05, 3.63) is 72.9 Å². The van der Waals surface area contributed by atoms with Gasteiger partial charge in [-0.15, -0.1) is 0 Å². The quantitative estimate of drug-likeness (QED) is 0.0255. The molecule has 49 heavy (non-hydrogen) atoms. The molecule has 0 spiro atoms. The lowest BCUT2D eigenvalue weighted by Gasteiger charge is -2.31. The van der Waals surface area contributed by atoms with Crippen molar-refractivity contribution in [1.82, 2.24) is 0 Å². The molecule has 0 heterocycles. The van der Waals surface area contributed by atoms with Crippen LogP contribution in [0.3, 0.4) is 0 Å². The van der Waals surface area contributed by atoms with E-state index < -0.39 is 18.1 Å². The Labute approximate surface area is 298 Å². The number of ether oxygens (including phenoxy) is 3. The van der Waals surface area contributed by atoms with Crippen LogP contribution in [0.2, 0.25) is 0 Å². The minimum absolute atomic E-state index is 0.0343. The van der Waals surface area contributed by atoms with Crippen LogP contribution in [0.4, 0.5) is 0 Å². The number of carboxylic acids is 1. The number of carbonyl (C=O) groups excluding carboxylic acids is 2. The number of rotatable bonds is 31. The molecule has 1 N–H and O–H groups in total. The third-order valence-corrected chi connectivity index (χ3v) is 7.70. The number of carbonyl (C=O) groups is 3. The lowest BCUT2D eigenvalue weighted by atomic mass is 10.1. The van der Waals surface area contributed by atoms with Gasteiger partial charge in [-0.3, -0.25) is 9.59 Å². The maximum Gasteiger partial charge on any atom is 0.362 e. The summed E-state index contributed by atoms with van der Waals surface area (Å²) in [5, 5.41) is 9.56. The molecule has 8 nitrogen and oxygen atoms in total. The molecule has 0 aromatic carbocycles. The first-order chi connectivity index (χ1) is 23.6. The van der Waals surface area contributed by atoms with E-state index in [0.717, 1.165) is 57.8 Å². The van der Waals surface area contributed by atoms with E-state index in [1.165, 1.54) is 19.3 Å². The van der Waals surface area contributed by atoms with Gasteiger partial charge in [0.1, 0.15) is 6.61 Å². The van der Waals surface area contributed by atoms with Crippen LogP contribution in [0, 0.1) is 0 Å². The summed E-state index contributed by atoms with van der Waals surface area (Å²) in [6.45, 7) is 4.47. The molecule has 0 amide bonds. The molecular formula is C41H68NO7+. The summed E-state index contributed by atoms with van der Waals surface area (Å²) in [4.78, 5) is 36.6. The molecule has 0 aromatic rings. The van der Waals surface area contributed by atoms with Gasteiger partial charge in [-0.1, -0.05) is 125 Å². The highest BCUT2D eigenvalue weighted by atomic mass is 16.6. The highest BCUT2D eigenvalue weighted by Crippen LogP contribution is 2.11. The molecule has 0 aliphatic heterocycles. The van der Waals surface area contributed by atoms with Crippen molar-refractivity contribution in [3.63, 3.8) is 0 Å². The highest BCUT2D eigenvalue weighted by molar-refractivity contribution is 5.72. The van der Waals surface area contributed by atoms with E-state index in [2.05, 4.69) is 44.2 Å². The Morgan fingerprint density at radius 1 is 0.612 bits per heavy atom. The predicted molar refractivity (Wildman–Crippen MR) is 201 cm³/mol. The Bertz CT molecular complexity index is 1030. The third-order valence-electron chi connectivity index (χ3n) is 7.70. The zero-order valence-electron chi connectivity index (χ0n) is 31.4. The smallest absolute Gasteiger partial charge is 0.362 e. The molecule has 0 saturated heterocycles. The Balaban J connectivity index is 4.48. The second-order valence-electron chi connectivity index (χ2n) is 13.2. The van der Waals surface area contributed by atoms with Crippen molar-refractivity contribution in [2.45, 2.75) is 129 Å². The lowest BCUT2D eigenvalue weighted by molar-refractivity contribution is -0.887. The summed E-state index contributed by atoms with van der Waals surface area (Å²) < 4.78 is 17.0. The topological polar surface area (TPSA) is 99.1 Å². The van der Waals surface area contributed by atoms with Crippen molar-refractivity contribution >= 4 is 17.9 Å². The number of aliphatic carboxylic acids is 1. The number of carboxylic acid groups (broad SMARTS) is 1. The number of hydrogen-bond acceptors (Lipinski definition) is 6. The molecule has 0 saturated carbocycles. The average Bonchev–Trinajstić information content (AvgIpc) is 3.05. The lowest BCUT2D eigenvalue weighted by Crippen LogP contribution is -2.50. The summed E-state index contributed by atoms with van der Waals surface area (Å²) in [6.07, 6.45) is 38.2. The molecule has 0 rings (SSSR count). The van der Waals surface area contributed by atoms with Gasteiger partial charge < -0.3 is 23.8 Å². The number of esters is 2. The van der Waals surface area contributed by atoms with Crippen LogP contribution in [0.5, 0.6) is 0 Å². The number of nitrogens with zero attached hydrogens (tertiary/aromatic N) is 1. The SMILES string of the molecule is CCC/C=C/C=C/C=C/C=C/C=C/CCCCCCCC(=O)OC(COCCC(C(=O)O)[N+](C)(C)C)COC(=O)CC/C=C/CCCCC. The van der Waals surface area contributed by atoms with Gasteiger partial charge in [0, 0.05) is 19.3 Å². The zero-order valence-corrected chi connectivity index (χ0v) is 31.4. The van der Waals surface area contributed by atoms with Crippen LogP contribution in [0.25, 0.3) is 0 Å². The van der Waals surface area contributed by atoms with Gasteiger partial charge in [0.15, 0.2) is 12.1 Å². The first-order valence-electron chi connectivity index (χ1n) is 18.5. The fraction of sp³-hybridized carbons (Fsp3) is 0.634. The summed E-state index contributed by atoms with van der Waals surface area (Å²) in [7, 11) is 5.48. The number of hydrogen-bond donors (Lipinski definition) is 1. The van der Waals surface area contributed by atoms with Crippen molar-refractivity contribution in [2.75, 3.05) is 41.0 Å². The van der Waals surface area contributed by atoms with E-state index in [1.54, 1.807) is 0 Å². The largest absolute Gasteiger partial charge is 0.477 e. The van der Waals surface area contributed by atoms with E-state index in [4.69, 9.17) is 14.2 Å². The minimum atomic E-state index is -0.889. The van der Waals surface area contributed by atoms with E-state index in [1.807, 2.05) is 63.7 Å². The second kappa shape index (κ2) is 32.0. The van der Waals surface area contributed by atoms with Gasteiger partial charge in [0.2, 0.25) is 0 Å². The first kappa shape index (κ1) is 45.8. The number of unbranched alkanes of at least 4 members (excludes halogenated alkanes) is 9. The van der Waals surface area contributed by atoms with Crippen LogP contribution in [-0.2, 0) is 28.6 Å². The predicted octanol–water partition coefficient (Wildman–Crippen LogP) is 9.24. The molecule has 0 aliphatic rings. The number of quaternary nitrogens is 1. The molecule has 0 aliphatic carbocycles. The Morgan fingerprint density at radius 3 is 1.82 bits per heavy atom. The summed E-state index contributed by atoms with van der Waals surface area (Å²) in [5.41, 5.74) is 0. The van der Waals surface area contributed by atoms with Crippen molar-refractivity contribution in [2.24, 2.45) is 0 Å². The van der Waals surface area contributed by atoms with Crippen molar-refractivity contribution in [1.29, 1.82) is 0 Å². The van der Waals surface area contributed by atoms with E-state index in [-0.39, 0.29) is 49.1 Å². The Morgan fingerprint density at radius 2 is 1.18 bits per heavy atom. The summed E-state index contributed by atoms with van der Waals surface area (Å²) in [5.74, 6) is -1.59. The first-order valence-corrected chi connectivity index (χ1v) is 18.5. The monoisotopic (exact) mass is 686 g/mol. The number of likely N-dealkylation sites (N-methyl/N-ethyl adjacent to an activating group) is 1. The molecule has 0 fully saturated rings. The van der Waals surface area contributed by atoms with Gasteiger partial charge in [-0.2, -0.15) is 0 Å². The van der Waals surface area contributed by atoms with E-state index >= 15 is 0 Å². The third kappa shape index (κ3) is 30.6. The van der Waals surface area contributed by atoms with E-state index in [9.17, 15) is 19.5 Å². The second-order valence-corrected chi connectivity index (χ2v) is 13.2. The van der Waals surface area contributed by atoms with Gasteiger partial charge in [-0.05, 0) is 44.9 Å². The molecule has 278 valence electrons. The highest BCUT2D eigenvalue weighted by Gasteiger charge is 2.31. The van der Waals surface area contributed by atoms with Crippen molar-refractivity contribution < 1.29 is 38.2 Å². The fourth-order valence-electron chi connectivity index (χ4n) is 4.78. The van der Waals surface area contributed by atoms with Crippen molar-refractivity contribution in [3.8, 4) is 0 Å². The van der Waals surface area contributed by atoms with Gasteiger partial charge in [0.25, 0.3) is 0 Å². The molecule has 0 radical (unpaired) electrons. The van der Waals surface area contributed by atoms with Crippen LogP contribution >= 0.6 is 0 Å². The Kier molecular flexibility index (Phi) is 29.9. The van der Waals surface area contributed by atoms with E-state index in [0.29, 0.717) is 12.8 Å². The maximum atomic E-state index is 12.6. The van der Waals surface area contributed by atoms with Crippen LogP contribution < -0.4 is 0 Å². The molecule has 2 atom stereocenters. The molecule has 8 heteroatoms. The zero-order chi connectivity index (χ0) is 36.4.